The second-order valence-corrected chi connectivity index (χ2v) is 9.94. The van der Waals surface area contributed by atoms with Crippen molar-refractivity contribution in [2.45, 2.75) is 38.1 Å². The molecular weight excluding hydrogens is 491 g/mol. The van der Waals surface area contributed by atoms with E-state index in [1.165, 1.54) is 10.5 Å². The Balaban J connectivity index is 1.35. The zero-order valence-electron chi connectivity index (χ0n) is 19.9. The number of amides is 1. The molecule has 0 aliphatic carbocycles. The molecule has 0 saturated carbocycles. The number of benzene rings is 2. The van der Waals surface area contributed by atoms with Crippen molar-refractivity contribution >= 4 is 23.3 Å². The Kier molecular flexibility index (Phi) is 6.70. The van der Waals surface area contributed by atoms with E-state index in [0.29, 0.717) is 13.1 Å². The van der Waals surface area contributed by atoms with Crippen LogP contribution in [0.2, 0.25) is 5.02 Å². The molecule has 1 saturated heterocycles. The van der Waals surface area contributed by atoms with Crippen LogP contribution in [0.1, 0.15) is 45.7 Å². The number of anilines is 1. The maximum atomic E-state index is 14.1. The van der Waals surface area contributed by atoms with Crippen molar-refractivity contribution in [1.29, 1.82) is 0 Å². The standard InChI is InChI=1S/C26H27ClF3N5O/c1-17-7-9-19(10-8-17)20-15-21(26(28,29)30)35-24(31-20)22(27)23(32-35)25(36)34-13-11-33(12-14-34)16-18-5-3-2-4-6-18/h2-10,20-21,31H,11-16H2,1H3/p+1/t20-,21-/m1/s1. The van der Waals surface area contributed by atoms with E-state index in [-0.39, 0.29) is 23.0 Å². The lowest BCUT2D eigenvalue weighted by Gasteiger charge is -2.33. The fraction of sp³-hybridized carbons (Fsp3) is 0.385. The topological polar surface area (TPSA) is 54.6 Å². The average Bonchev–Trinajstić information content (AvgIpc) is 3.20. The number of carbonyl (C=O) groups excluding carboxylic acids is 1. The molecule has 2 aromatic carbocycles. The summed E-state index contributed by atoms with van der Waals surface area (Å²) in [6.07, 6.45) is -4.78. The van der Waals surface area contributed by atoms with E-state index in [1.54, 1.807) is 4.90 Å². The van der Waals surface area contributed by atoms with Crippen molar-refractivity contribution in [3.05, 3.63) is 82.0 Å². The molecular formula is C26H28ClF3N5O+. The zero-order valence-corrected chi connectivity index (χ0v) is 20.6. The van der Waals surface area contributed by atoms with Crippen molar-refractivity contribution < 1.29 is 22.9 Å². The minimum atomic E-state index is -4.54. The monoisotopic (exact) mass is 518 g/mol. The molecule has 10 heteroatoms. The Morgan fingerprint density at radius 1 is 1.11 bits per heavy atom. The number of fused-ring (bicyclic) bond motifs is 1. The highest BCUT2D eigenvalue weighted by Gasteiger charge is 2.48. The summed E-state index contributed by atoms with van der Waals surface area (Å²) < 4.78 is 43.0. The van der Waals surface area contributed by atoms with Crippen molar-refractivity contribution in [2.75, 3.05) is 31.5 Å². The highest BCUT2D eigenvalue weighted by atomic mass is 35.5. The number of aromatic nitrogens is 2. The molecule has 0 bridgehead atoms. The van der Waals surface area contributed by atoms with E-state index in [4.69, 9.17) is 11.6 Å². The number of alkyl halides is 3. The lowest BCUT2D eigenvalue weighted by molar-refractivity contribution is -0.917. The molecule has 3 heterocycles. The maximum Gasteiger partial charge on any atom is 0.410 e. The highest BCUT2D eigenvalue weighted by Crippen LogP contribution is 2.46. The Bertz CT molecular complexity index is 1220. The Morgan fingerprint density at radius 2 is 1.78 bits per heavy atom. The van der Waals surface area contributed by atoms with Gasteiger partial charge in [-0.1, -0.05) is 71.8 Å². The van der Waals surface area contributed by atoms with E-state index >= 15 is 0 Å². The van der Waals surface area contributed by atoms with Crippen LogP contribution in [0.15, 0.2) is 54.6 Å². The lowest BCUT2D eigenvalue weighted by Crippen LogP contribution is -3.13. The number of nitrogens with one attached hydrogen (secondary N) is 2. The fourth-order valence-electron chi connectivity index (χ4n) is 4.98. The van der Waals surface area contributed by atoms with Gasteiger partial charge < -0.3 is 15.1 Å². The first-order valence-corrected chi connectivity index (χ1v) is 12.4. The lowest BCUT2D eigenvalue weighted by atomic mass is 9.96. The molecule has 190 valence electrons. The van der Waals surface area contributed by atoms with Crippen LogP contribution in [0, 0.1) is 6.92 Å². The summed E-state index contributed by atoms with van der Waals surface area (Å²) in [5.74, 6) is -0.400. The van der Waals surface area contributed by atoms with Crippen LogP contribution in [0.5, 0.6) is 0 Å². The molecule has 2 N–H and O–H groups in total. The third kappa shape index (κ3) is 4.95. The molecule has 0 spiro atoms. The summed E-state index contributed by atoms with van der Waals surface area (Å²) in [6, 6.07) is 15.0. The van der Waals surface area contributed by atoms with Crippen LogP contribution in [0.25, 0.3) is 0 Å². The number of halogens is 4. The third-order valence-electron chi connectivity index (χ3n) is 7.03. The zero-order chi connectivity index (χ0) is 25.4. The van der Waals surface area contributed by atoms with Gasteiger partial charge in [-0.2, -0.15) is 18.3 Å². The smallest absolute Gasteiger partial charge is 0.362 e. The van der Waals surface area contributed by atoms with E-state index in [2.05, 4.69) is 22.5 Å². The summed E-state index contributed by atoms with van der Waals surface area (Å²) in [7, 11) is 0. The largest absolute Gasteiger partial charge is 0.410 e. The second kappa shape index (κ2) is 9.78. The molecule has 2 aliphatic rings. The molecule has 1 amide bonds. The van der Waals surface area contributed by atoms with Gasteiger partial charge in [0, 0.05) is 12.0 Å². The van der Waals surface area contributed by atoms with Gasteiger partial charge in [0.2, 0.25) is 0 Å². The van der Waals surface area contributed by atoms with Crippen molar-refractivity contribution in [1.82, 2.24) is 14.7 Å². The van der Waals surface area contributed by atoms with Gasteiger partial charge in [0.15, 0.2) is 11.7 Å². The summed E-state index contributed by atoms with van der Waals surface area (Å²) in [5.41, 5.74) is 2.83. The Hall–Kier alpha value is -3.04. The van der Waals surface area contributed by atoms with Gasteiger partial charge >= 0.3 is 6.18 Å². The van der Waals surface area contributed by atoms with Crippen LogP contribution in [0.4, 0.5) is 19.0 Å². The number of hydrogen-bond donors (Lipinski definition) is 2. The molecule has 1 aromatic heterocycles. The van der Waals surface area contributed by atoms with Crippen LogP contribution in [-0.2, 0) is 6.54 Å². The van der Waals surface area contributed by atoms with E-state index in [1.807, 2.05) is 49.4 Å². The van der Waals surface area contributed by atoms with Crippen LogP contribution in [-0.4, -0.2) is 52.9 Å². The Labute approximate surface area is 212 Å². The number of nitrogens with zero attached hydrogens (tertiary/aromatic N) is 3. The van der Waals surface area contributed by atoms with Gasteiger partial charge in [-0.15, -0.1) is 0 Å². The normalized spacial score (nSPS) is 20.6. The predicted octanol–water partition coefficient (Wildman–Crippen LogP) is 4.05. The van der Waals surface area contributed by atoms with Gasteiger partial charge in [-0.05, 0) is 12.5 Å². The van der Waals surface area contributed by atoms with Gasteiger partial charge in [0.25, 0.3) is 5.91 Å². The summed E-state index contributed by atoms with van der Waals surface area (Å²) in [4.78, 5) is 16.3. The number of aryl methyl sites for hydroxylation is 1. The van der Waals surface area contributed by atoms with Crippen LogP contribution in [0.3, 0.4) is 0 Å². The molecule has 5 rings (SSSR count). The quantitative estimate of drug-likeness (QED) is 0.548. The van der Waals surface area contributed by atoms with E-state index in [9.17, 15) is 18.0 Å². The van der Waals surface area contributed by atoms with E-state index in [0.717, 1.165) is 35.4 Å². The molecule has 0 radical (unpaired) electrons. The molecule has 2 aliphatic heterocycles. The van der Waals surface area contributed by atoms with Crippen LogP contribution >= 0.6 is 11.6 Å². The minimum absolute atomic E-state index is 0.0347. The van der Waals surface area contributed by atoms with Crippen molar-refractivity contribution in [2.24, 2.45) is 0 Å². The molecule has 0 unspecified atom stereocenters. The predicted molar refractivity (Wildman–Crippen MR) is 131 cm³/mol. The third-order valence-corrected chi connectivity index (χ3v) is 7.39. The van der Waals surface area contributed by atoms with Crippen molar-refractivity contribution in [3.8, 4) is 0 Å². The molecule has 6 nitrogen and oxygen atoms in total. The van der Waals surface area contributed by atoms with E-state index < -0.39 is 24.2 Å². The first-order valence-electron chi connectivity index (χ1n) is 12.1. The van der Waals surface area contributed by atoms with Crippen molar-refractivity contribution in [3.63, 3.8) is 0 Å². The highest BCUT2D eigenvalue weighted by molar-refractivity contribution is 6.36. The first-order chi connectivity index (χ1) is 17.2. The van der Waals surface area contributed by atoms with Gasteiger partial charge in [-0.3, -0.25) is 4.79 Å². The molecule has 2 atom stereocenters. The number of piperazine rings is 1. The number of quaternary nitrogens is 1. The average molecular weight is 519 g/mol. The van der Waals surface area contributed by atoms with Gasteiger partial charge in [0.1, 0.15) is 17.4 Å². The van der Waals surface area contributed by atoms with Gasteiger partial charge in [-0.25, -0.2) is 4.68 Å². The number of rotatable bonds is 4. The van der Waals surface area contributed by atoms with Crippen LogP contribution < -0.4 is 10.2 Å². The second-order valence-electron chi connectivity index (χ2n) is 9.56. The summed E-state index contributed by atoms with van der Waals surface area (Å²) >= 11 is 6.52. The SMILES string of the molecule is Cc1ccc([C@H]2C[C@H](C(F)(F)F)n3nc(C(=O)N4CC[NH+](Cc5ccccc5)CC4)c(Cl)c3N2)cc1. The minimum Gasteiger partial charge on any atom is -0.362 e. The Morgan fingerprint density at radius 3 is 2.42 bits per heavy atom. The summed E-state index contributed by atoms with van der Waals surface area (Å²) in [5, 5.41) is 7.15. The van der Waals surface area contributed by atoms with Gasteiger partial charge in [0.05, 0.1) is 32.2 Å². The first kappa shape index (κ1) is 24.6. The molecule has 1 fully saturated rings. The summed E-state index contributed by atoms with van der Waals surface area (Å²) in [6.45, 7) is 5.24. The fourth-order valence-corrected chi connectivity index (χ4v) is 5.24. The number of carbonyl (C=O) groups is 1. The number of hydrogen-bond acceptors (Lipinski definition) is 3. The molecule has 36 heavy (non-hydrogen) atoms. The molecule has 3 aromatic rings. The maximum absolute atomic E-state index is 14.1.